The van der Waals surface area contributed by atoms with Gasteiger partial charge in [0, 0.05) is 31.8 Å². The quantitative estimate of drug-likeness (QED) is 0.882. The monoisotopic (exact) mass is 244 g/mol. The fourth-order valence-electron chi connectivity index (χ4n) is 2.40. The van der Waals surface area contributed by atoms with Crippen molar-refractivity contribution in [1.82, 2.24) is 14.8 Å². The molecule has 1 aliphatic rings. The average molecular weight is 244 g/mol. The second-order valence-corrected chi connectivity index (χ2v) is 4.68. The number of aromatic nitrogens is 3. The molecule has 0 atom stereocenters. The minimum absolute atomic E-state index is 0.0494. The van der Waals surface area contributed by atoms with Gasteiger partial charge in [0.1, 0.15) is 11.6 Å². The van der Waals surface area contributed by atoms with Gasteiger partial charge in [-0.1, -0.05) is 0 Å². The van der Waals surface area contributed by atoms with E-state index in [1.165, 1.54) is 0 Å². The molecular formula is C11H18F2N4. The highest BCUT2D eigenvalue weighted by Crippen LogP contribution is 2.40. The van der Waals surface area contributed by atoms with Crippen LogP contribution < -0.4 is 5.73 Å². The third-order valence-corrected chi connectivity index (χ3v) is 3.40. The highest BCUT2D eigenvalue weighted by Gasteiger charge is 2.37. The van der Waals surface area contributed by atoms with Crippen LogP contribution in [0.4, 0.5) is 8.78 Å². The topological polar surface area (TPSA) is 56.7 Å². The maximum Gasteiger partial charge on any atom is 0.248 e. The number of alkyl halides is 2. The van der Waals surface area contributed by atoms with Crippen molar-refractivity contribution in [3.63, 3.8) is 0 Å². The van der Waals surface area contributed by atoms with Crippen LogP contribution in [0.5, 0.6) is 0 Å². The number of rotatable bonds is 3. The highest BCUT2D eigenvalue weighted by molar-refractivity contribution is 5.03. The molecule has 0 saturated heterocycles. The molecule has 1 fully saturated rings. The van der Waals surface area contributed by atoms with Crippen molar-refractivity contribution in [3.8, 4) is 0 Å². The Labute approximate surface area is 99.2 Å². The van der Waals surface area contributed by atoms with Crippen molar-refractivity contribution < 1.29 is 8.78 Å². The van der Waals surface area contributed by atoms with Crippen molar-refractivity contribution in [1.29, 1.82) is 0 Å². The zero-order chi connectivity index (χ0) is 12.5. The van der Waals surface area contributed by atoms with Gasteiger partial charge in [0.2, 0.25) is 5.92 Å². The van der Waals surface area contributed by atoms with Gasteiger partial charge in [-0.2, -0.15) is 0 Å². The Morgan fingerprint density at radius 1 is 1.35 bits per heavy atom. The van der Waals surface area contributed by atoms with Gasteiger partial charge in [-0.05, 0) is 19.8 Å². The molecule has 2 N–H and O–H groups in total. The SMILES string of the molecule is Cc1nnc(C2CCC(F)(F)CC2)n1CCN. The van der Waals surface area contributed by atoms with Crippen LogP contribution in [0.2, 0.25) is 0 Å². The number of halogens is 2. The first-order valence-electron chi connectivity index (χ1n) is 6.01. The summed E-state index contributed by atoms with van der Waals surface area (Å²) >= 11 is 0. The fraction of sp³-hybridized carbons (Fsp3) is 0.818. The molecule has 96 valence electrons. The summed E-state index contributed by atoms with van der Waals surface area (Å²) < 4.78 is 28.1. The largest absolute Gasteiger partial charge is 0.329 e. The molecule has 4 nitrogen and oxygen atoms in total. The Kier molecular flexibility index (Phi) is 3.42. The van der Waals surface area contributed by atoms with Gasteiger partial charge in [-0.25, -0.2) is 8.78 Å². The van der Waals surface area contributed by atoms with Gasteiger partial charge >= 0.3 is 0 Å². The number of nitrogens with zero attached hydrogens (tertiary/aromatic N) is 3. The van der Waals surface area contributed by atoms with Gasteiger partial charge in [-0.15, -0.1) is 10.2 Å². The maximum atomic E-state index is 13.1. The molecule has 1 aromatic heterocycles. The summed E-state index contributed by atoms with van der Waals surface area (Å²) in [6.45, 7) is 3.03. The van der Waals surface area contributed by atoms with Crippen LogP contribution in [0, 0.1) is 6.92 Å². The van der Waals surface area contributed by atoms with Gasteiger partial charge in [-0.3, -0.25) is 0 Å². The average Bonchev–Trinajstić information content (AvgIpc) is 2.62. The summed E-state index contributed by atoms with van der Waals surface area (Å²) in [6, 6.07) is 0. The number of aryl methyl sites for hydroxylation is 1. The van der Waals surface area contributed by atoms with Crippen LogP contribution in [0.25, 0.3) is 0 Å². The van der Waals surface area contributed by atoms with Crippen LogP contribution >= 0.6 is 0 Å². The summed E-state index contributed by atoms with van der Waals surface area (Å²) in [5.41, 5.74) is 5.53. The van der Waals surface area contributed by atoms with Crippen molar-refractivity contribution in [3.05, 3.63) is 11.6 Å². The van der Waals surface area contributed by atoms with E-state index >= 15 is 0 Å². The van der Waals surface area contributed by atoms with Gasteiger partial charge < -0.3 is 10.3 Å². The Morgan fingerprint density at radius 3 is 2.59 bits per heavy atom. The molecule has 1 saturated carbocycles. The van der Waals surface area contributed by atoms with E-state index in [-0.39, 0.29) is 18.8 Å². The molecule has 0 spiro atoms. The molecule has 0 amide bonds. The zero-order valence-corrected chi connectivity index (χ0v) is 9.99. The molecule has 1 aliphatic carbocycles. The first-order valence-corrected chi connectivity index (χ1v) is 6.01. The lowest BCUT2D eigenvalue weighted by Crippen LogP contribution is -2.26. The lowest BCUT2D eigenvalue weighted by atomic mass is 9.86. The molecule has 2 rings (SSSR count). The number of hydrogen-bond acceptors (Lipinski definition) is 3. The zero-order valence-electron chi connectivity index (χ0n) is 9.99. The van der Waals surface area contributed by atoms with Crippen LogP contribution in [0.15, 0.2) is 0 Å². The van der Waals surface area contributed by atoms with E-state index in [1.807, 2.05) is 11.5 Å². The van der Waals surface area contributed by atoms with E-state index in [4.69, 9.17) is 5.73 Å². The molecular weight excluding hydrogens is 226 g/mol. The van der Waals surface area contributed by atoms with Crippen LogP contribution in [0.3, 0.4) is 0 Å². The van der Waals surface area contributed by atoms with Crippen LogP contribution in [-0.4, -0.2) is 27.2 Å². The molecule has 17 heavy (non-hydrogen) atoms. The standard InChI is InChI=1S/C11H18F2N4/c1-8-15-16-10(17(8)7-6-14)9-2-4-11(12,13)5-3-9/h9H,2-7,14H2,1H3. The minimum atomic E-state index is -2.50. The lowest BCUT2D eigenvalue weighted by Gasteiger charge is -2.27. The molecule has 0 unspecified atom stereocenters. The predicted octanol–water partition coefficient (Wildman–Crippen LogP) is 1.84. The molecule has 0 aliphatic heterocycles. The van der Waals surface area contributed by atoms with Gasteiger partial charge in [0.25, 0.3) is 0 Å². The third kappa shape index (κ3) is 2.62. The number of hydrogen-bond donors (Lipinski definition) is 1. The van der Waals surface area contributed by atoms with E-state index in [9.17, 15) is 8.78 Å². The first-order chi connectivity index (χ1) is 8.03. The van der Waals surface area contributed by atoms with Gasteiger partial charge in [0.15, 0.2) is 0 Å². The second-order valence-electron chi connectivity index (χ2n) is 4.68. The van der Waals surface area contributed by atoms with E-state index in [0.717, 1.165) is 11.6 Å². The second kappa shape index (κ2) is 4.68. The van der Waals surface area contributed by atoms with E-state index < -0.39 is 5.92 Å². The summed E-state index contributed by atoms with van der Waals surface area (Å²) in [6.07, 6.45) is 0.865. The van der Waals surface area contributed by atoms with E-state index in [0.29, 0.717) is 25.9 Å². The lowest BCUT2D eigenvalue weighted by molar-refractivity contribution is -0.0390. The Morgan fingerprint density at radius 2 is 2.00 bits per heavy atom. The van der Waals surface area contributed by atoms with Crippen LogP contribution in [-0.2, 0) is 6.54 Å². The smallest absolute Gasteiger partial charge is 0.248 e. The third-order valence-electron chi connectivity index (χ3n) is 3.40. The molecule has 1 aromatic rings. The molecule has 1 heterocycles. The van der Waals surface area contributed by atoms with Crippen molar-refractivity contribution in [2.24, 2.45) is 5.73 Å². The summed E-state index contributed by atoms with van der Waals surface area (Å²) in [4.78, 5) is 0. The normalized spacial score (nSPS) is 20.7. The minimum Gasteiger partial charge on any atom is -0.329 e. The van der Waals surface area contributed by atoms with Crippen molar-refractivity contribution >= 4 is 0 Å². The first kappa shape index (κ1) is 12.4. The molecule has 0 aromatic carbocycles. The fourth-order valence-corrected chi connectivity index (χ4v) is 2.40. The van der Waals surface area contributed by atoms with Crippen LogP contribution in [0.1, 0.15) is 43.3 Å². The maximum absolute atomic E-state index is 13.1. The molecule has 0 radical (unpaired) electrons. The highest BCUT2D eigenvalue weighted by atomic mass is 19.3. The van der Waals surface area contributed by atoms with Crippen molar-refractivity contribution in [2.45, 2.75) is 51.0 Å². The van der Waals surface area contributed by atoms with Crippen molar-refractivity contribution in [2.75, 3.05) is 6.54 Å². The predicted molar refractivity (Wildman–Crippen MR) is 60.0 cm³/mol. The Balaban J connectivity index is 2.13. The van der Waals surface area contributed by atoms with E-state index in [1.54, 1.807) is 0 Å². The molecule has 6 heteroatoms. The summed E-state index contributed by atoms with van der Waals surface area (Å²) in [7, 11) is 0. The Bertz CT molecular complexity index is 379. The van der Waals surface area contributed by atoms with Gasteiger partial charge in [0.05, 0.1) is 0 Å². The summed E-state index contributed by atoms with van der Waals surface area (Å²) in [5.74, 6) is -0.766. The Hall–Kier alpha value is -1.04. The summed E-state index contributed by atoms with van der Waals surface area (Å²) in [5, 5.41) is 8.13. The molecule has 0 bridgehead atoms. The number of nitrogens with two attached hydrogens (primary N) is 1. The van der Waals surface area contributed by atoms with E-state index in [2.05, 4.69) is 10.2 Å².